The highest BCUT2D eigenvalue weighted by atomic mass is 19.1. The van der Waals surface area contributed by atoms with Crippen LogP contribution in [0.5, 0.6) is 11.6 Å². The first-order valence-electron chi connectivity index (χ1n) is 6.39. The third-order valence-electron chi connectivity index (χ3n) is 3.45. The highest BCUT2D eigenvalue weighted by Gasteiger charge is 2.27. The van der Waals surface area contributed by atoms with Crippen LogP contribution < -0.4 is 15.2 Å². The van der Waals surface area contributed by atoms with Crippen LogP contribution in [-0.4, -0.2) is 12.1 Å². The molecule has 20 heavy (non-hydrogen) atoms. The molecule has 0 amide bonds. The molecule has 3 rings (SSSR count). The highest BCUT2D eigenvalue weighted by molar-refractivity contribution is 5.39. The largest absolute Gasteiger partial charge is 0.485 e. The van der Waals surface area contributed by atoms with Crippen molar-refractivity contribution in [2.75, 3.05) is 7.11 Å². The lowest BCUT2D eigenvalue weighted by molar-refractivity contribution is 0.160. The summed E-state index contributed by atoms with van der Waals surface area (Å²) < 4.78 is 24.2. The predicted molar refractivity (Wildman–Crippen MR) is 72.1 cm³/mol. The summed E-state index contributed by atoms with van der Waals surface area (Å²) in [6.45, 7) is 0. The molecule has 5 heteroatoms. The van der Waals surface area contributed by atoms with Gasteiger partial charge in [-0.25, -0.2) is 9.37 Å². The third kappa shape index (κ3) is 2.32. The molecule has 2 aromatic rings. The SMILES string of the molecule is COc1ccc(C2C[C@H](N)c3cc(F)ccc3O2)cn1. The van der Waals surface area contributed by atoms with E-state index in [1.54, 1.807) is 25.4 Å². The van der Waals surface area contributed by atoms with Crippen LogP contribution in [0.25, 0.3) is 0 Å². The van der Waals surface area contributed by atoms with Gasteiger partial charge in [-0.1, -0.05) is 0 Å². The summed E-state index contributed by atoms with van der Waals surface area (Å²) in [5.41, 5.74) is 7.75. The van der Waals surface area contributed by atoms with Crippen LogP contribution in [0.1, 0.15) is 29.7 Å². The molecule has 2 heterocycles. The number of fused-ring (bicyclic) bond motifs is 1. The Balaban J connectivity index is 1.88. The lowest BCUT2D eigenvalue weighted by Crippen LogP contribution is -2.24. The van der Waals surface area contributed by atoms with Crippen LogP contribution in [0.15, 0.2) is 36.5 Å². The zero-order chi connectivity index (χ0) is 14.1. The minimum Gasteiger partial charge on any atom is -0.485 e. The first kappa shape index (κ1) is 12.9. The fourth-order valence-electron chi connectivity index (χ4n) is 2.38. The molecular weight excluding hydrogens is 259 g/mol. The van der Waals surface area contributed by atoms with Crippen LogP contribution in [0.3, 0.4) is 0 Å². The van der Waals surface area contributed by atoms with E-state index in [0.717, 1.165) is 5.56 Å². The maximum atomic E-state index is 13.2. The molecule has 1 aromatic heterocycles. The number of hydrogen-bond donors (Lipinski definition) is 1. The number of aromatic nitrogens is 1. The summed E-state index contributed by atoms with van der Waals surface area (Å²) in [7, 11) is 1.57. The van der Waals surface area contributed by atoms with Crippen LogP contribution in [0.4, 0.5) is 4.39 Å². The Bertz CT molecular complexity index is 616. The number of halogens is 1. The van der Waals surface area contributed by atoms with Crippen molar-refractivity contribution in [3.05, 3.63) is 53.5 Å². The zero-order valence-electron chi connectivity index (χ0n) is 11.0. The van der Waals surface area contributed by atoms with Crippen molar-refractivity contribution < 1.29 is 13.9 Å². The molecule has 104 valence electrons. The van der Waals surface area contributed by atoms with Crippen molar-refractivity contribution in [1.29, 1.82) is 0 Å². The monoisotopic (exact) mass is 274 g/mol. The standard InChI is InChI=1S/C15H15FN2O2/c1-19-15-5-2-9(8-18-15)14-7-12(17)11-6-10(16)3-4-13(11)20-14/h2-6,8,12,14H,7,17H2,1H3/t12-,14?/m0/s1. The molecule has 0 aliphatic carbocycles. The highest BCUT2D eigenvalue weighted by Crippen LogP contribution is 2.39. The van der Waals surface area contributed by atoms with Crippen molar-refractivity contribution in [2.24, 2.45) is 5.73 Å². The Labute approximate surface area is 116 Å². The number of rotatable bonds is 2. The van der Waals surface area contributed by atoms with E-state index in [1.807, 2.05) is 6.07 Å². The average molecular weight is 274 g/mol. The molecule has 2 atom stereocenters. The molecule has 0 saturated heterocycles. The van der Waals surface area contributed by atoms with E-state index >= 15 is 0 Å². The second kappa shape index (κ2) is 5.09. The van der Waals surface area contributed by atoms with Gasteiger partial charge in [0.25, 0.3) is 0 Å². The maximum absolute atomic E-state index is 13.2. The van der Waals surface area contributed by atoms with Gasteiger partial charge in [0, 0.05) is 35.9 Å². The number of ether oxygens (including phenoxy) is 2. The van der Waals surface area contributed by atoms with Gasteiger partial charge in [0.05, 0.1) is 7.11 Å². The molecule has 4 nitrogen and oxygen atoms in total. The summed E-state index contributed by atoms with van der Waals surface area (Å²) in [5, 5.41) is 0. The summed E-state index contributed by atoms with van der Waals surface area (Å²) in [4.78, 5) is 4.16. The zero-order valence-corrected chi connectivity index (χ0v) is 11.0. The van der Waals surface area contributed by atoms with Gasteiger partial charge in [0.15, 0.2) is 0 Å². The Kier molecular flexibility index (Phi) is 3.28. The Morgan fingerprint density at radius 1 is 1.35 bits per heavy atom. The van der Waals surface area contributed by atoms with Gasteiger partial charge in [-0.3, -0.25) is 0 Å². The number of benzene rings is 1. The van der Waals surface area contributed by atoms with E-state index in [-0.39, 0.29) is 18.0 Å². The van der Waals surface area contributed by atoms with Crippen molar-refractivity contribution in [3.63, 3.8) is 0 Å². The van der Waals surface area contributed by atoms with E-state index < -0.39 is 0 Å². The molecule has 0 radical (unpaired) electrons. The number of nitrogens with zero attached hydrogens (tertiary/aromatic N) is 1. The van der Waals surface area contributed by atoms with Crippen LogP contribution in [0, 0.1) is 5.82 Å². The Morgan fingerprint density at radius 3 is 2.90 bits per heavy atom. The Morgan fingerprint density at radius 2 is 2.20 bits per heavy atom. The number of pyridine rings is 1. The van der Waals surface area contributed by atoms with Gasteiger partial charge < -0.3 is 15.2 Å². The summed E-state index contributed by atoms with van der Waals surface area (Å²) in [6, 6.07) is 7.86. The van der Waals surface area contributed by atoms with Gasteiger partial charge in [0.1, 0.15) is 17.7 Å². The molecular formula is C15H15FN2O2. The minimum atomic E-state index is -0.299. The molecule has 1 aliphatic rings. The van der Waals surface area contributed by atoms with Crippen molar-refractivity contribution in [1.82, 2.24) is 4.98 Å². The van der Waals surface area contributed by atoms with Gasteiger partial charge in [-0.15, -0.1) is 0 Å². The number of methoxy groups -OCH3 is 1. The number of nitrogens with two attached hydrogens (primary N) is 1. The summed E-state index contributed by atoms with van der Waals surface area (Å²) in [6.07, 6.45) is 2.12. The molecule has 0 spiro atoms. The van der Waals surface area contributed by atoms with Crippen molar-refractivity contribution in [2.45, 2.75) is 18.6 Å². The van der Waals surface area contributed by atoms with E-state index in [4.69, 9.17) is 15.2 Å². The van der Waals surface area contributed by atoms with Crippen LogP contribution in [-0.2, 0) is 0 Å². The lowest BCUT2D eigenvalue weighted by atomic mass is 9.94. The van der Waals surface area contributed by atoms with Gasteiger partial charge >= 0.3 is 0 Å². The second-order valence-electron chi connectivity index (χ2n) is 4.76. The van der Waals surface area contributed by atoms with Crippen molar-refractivity contribution >= 4 is 0 Å². The molecule has 2 N–H and O–H groups in total. The summed E-state index contributed by atoms with van der Waals surface area (Å²) >= 11 is 0. The normalized spacial score (nSPS) is 20.9. The van der Waals surface area contributed by atoms with Crippen LogP contribution >= 0.6 is 0 Å². The topological polar surface area (TPSA) is 57.4 Å². The Hall–Kier alpha value is -2.14. The first-order valence-corrected chi connectivity index (χ1v) is 6.39. The summed E-state index contributed by atoms with van der Waals surface area (Å²) in [5.74, 6) is 0.884. The molecule has 0 saturated carbocycles. The first-order chi connectivity index (χ1) is 9.67. The maximum Gasteiger partial charge on any atom is 0.212 e. The molecule has 0 bridgehead atoms. The van der Waals surface area contributed by atoms with Gasteiger partial charge in [0.2, 0.25) is 5.88 Å². The molecule has 1 unspecified atom stereocenters. The average Bonchev–Trinajstić information content (AvgIpc) is 2.48. The van der Waals surface area contributed by atoms with E-state index in [0.29, 0.717) is 23.6 Å². The van der Waals surface area contributed by atoms with E-state index in [1.165, 1.54) is 12.1 Å². The quantitative estimate of drug-likeness (QED) is 0.914. The molecule has 1 aliphatic heterocycles. The van der Waals surface area contributed by atoms with Crippen LogP contribution in [0.2, 0.25) is 0 Å². The van der Waals surface area contributed by atoms with Crippen molar-refractivity contribution in [3.8, 4) is 11.6 Å². The molecule has 0 fully saturated rings. The van der Waals surface area contributed by atoms with Gasteiger partial charge in [-0.2, -0.15) is 0 Å². The smallest absolute Gasteiger partial charge is 0.212 e. The fraction of sp³-hybridized carbons (Fsp3) is 0.267. The minimum absolute atomic E-state index is 0.179. The molecule has 1 aromatic carbocycles. The van der Waals surface area contributed by atoms with E-state index in [9.17, 15) is 4.39 Å². The van der Waals surface area contributed by atoms with Gasteiger partial charge in [-0.05, 0) is 24.3 Å². The third-order valence-corrected chi connectivity index (χ3v) is 3.45. The fourth-order valence-corrected chi connectivity index (χ4v) is 2.38. The second-order valence-corrected chi connectivity index (χ2v) is 4.76. The number of hydrogen-bond acceptors (Lipinski definition) is 4. The predicted octanol–water partition coefficient (Wildman–Crippen LogP) is 2.75. The lowest BCUT2D eigenvalue weighted by Gasteiger charge is -2.30. The van der Waals surface area contributed by atoms with E-state index in [2.05, 4.69) is 4.98 Å².